The standard InChI is InChI=1S/C16H17ClN2O/c1-12-4-5-13(9-15(12)17)6-7-16(20)19-11-14-3-2-8-18-10-14/h2-5,8-10H,6-7,11H2,1H3,(H,19,20). The van der Waals surface area contributed by atoms with Crippen molar-refractivity contribution < 1.29 is 4.79 Å². The molecule has 0 fully saturated rings. The van der Waals surface area contributed by atoms with Gasteiger partial charge in [0, 0.05) is 30.4 Å². The molecule has 2 aromatic rings. The van der Waals surface area contributed by atoms with Crippen LogP contribution in [0.5, 0.6) is 0 Å². The van der Waals surface area contributed by atoms with E-state index in [0.717, 1.165) is 21.7 Å². The van der Waals surface area contributed by atoms with Gasteiger partial charge in [-0.1, -0.05) is 29.8 Å². The zero-order valence-corrected chi connectivity index (χ0v) is 12.2. The summed E-state index contributed by atoms with van der Waals surface area (Å²) in [4.78, 5) is 15.8. The summed E-state index contributed by atoms with van der Waals surface area (Å²) in [7, 11) is 0. The SMILES string of the molecule is Cc1ccc(CCC(=O)NCc2cccnc2)cc1Cl. The largest absolute Gasteiger partial charge is 0.352 e. The summed E-state index contributed by atoms with van der Waals surface area (Å²) in [6.07, 6.45) is 4.62. The van der Waals surface area contributed by atoms with Gasteiger partial charge in [-0.15, -0.1) is 0 Å². The van der Waals surface area contributed by atoms with Crippen LogP contribution in [0.15, 0.2) is 42.7 Å². The second kappa shape index (κ2) is 7.06. The van der Waals surface area contributed by atoms with Crippen molar-refractivity contribution in [2.75, 3.05) is 0 Å². The molecule has 3 nitrogen and oxygen atoms in total. The molecule has 0 spiro atoms. The summed E-state index contributed by atoms with van der Waals surface area (Å²) in [5.41, 5.74) is 3.13. The van der Waals surface area contributed by atoms with Crippen molar-refractivity contribution in [2.45, 2.75) is 26.3 Å². The molecule has 0 atom stereocenters. The molecule has 0 unspecified atom stereocenters. The molecular weight excluding hydrogens is 272 g/mol. The molecule has 20 heavy (non-hydrogen) atoms. The third-order valence-electron chi connectivity index (χ3n) is 3.09. The Morgan fingerprint density at radius 3 is 2.85 bits per heavy atom. The average molecular weight is 289 g/mol. The summed E-state index contributed by atoms with van der Waals surface area (Å²) in [5, 5.41) is 3.63. The highest BCUT2D eigenvalue weighted by Crippen LogP contribution is 2.17. The fourth-order valence-corrected chi connectivity index (χ4v) is 2.04. The molecule has 0 aliphatic heterocycles. The van der Waals surface area contributed by atoms with Crippen molar-refractivity contribution in [3.05, 3.63) is 64.4 Å². The van der Waals surface area contributed by atoms with Crippen LogP contribution in [0.4, 0.5) is 0 Å². The van der Waals surface area contributed by atoms with E-state index in [9.17, 15) is 4.79 Å². The number of carbonyl (C=O) groups is 1. The number of amides is 1. The fourth-order valence-electron chi connectivity index (χ4n) is 1.84. The van der Waals surface area contributed by atoms with Gasteiger partial charge in [-0.3, -0.25) is 9.78 Å². The maximum Gasteiger partial charge on any atom is 0.220 e. The summed E-state index contributed by atoms with van der Waals surface area (Å²) in [6, 6.07) is 9.70. The van der Waals surface area contributed by atoms with E-state index in [1.54, 1.807) is 12.4 Å². The molecule has 0 bridgehead atoms. The Bertz CT molecular complexity index is 584. The van der Waals surface area contributed by atoms with E-state index in [-0.39, 0.29) is 5.91 Å². The Morgan fingerprint density at radius 1 is 1.30 bits per heavy atom. The number of rotatable bonds is 5. The quantitative estimate of drug-likeness (QED) is 0.917. The lowest BCUT2D eigenvalue weighted by molar-refractivity contribution is -0.121. The molecule has 4 heteroatoms. The fraction of sp³-hybridized carbons (Fsp3) is 0.250. The van der Waals surface area contributed by atoms with Crippen LogP contribution in [0, 0.1) is 6.92 Å². The number of nitrogens with zero attached hydrogens (tertiary/aromatic N) is 1. The van der Waals surface area contributed by atoms with Crippen LogP contribution in [0.3, 0.4) is 0 Å². The molecule has 1 amide bonds. The minimum atomic E-state index is 0.0329. The van der Waals surface area contributed by atoms with E-state index in [0.29, 0.717) is 19.4 Å². The molecule has 0 aliphatic rings. The number of nitrogens with one attached hydrogen (secondary N) is 1. The van der Waals surface area contributed by atoms with Gasteiger partial charge in [0.15, 0.2) is 0 Å². The Morgan fingerprint density at radius 2 is 2.15 bits per heavy atom. The van der Waals surface area contributed by atoms with Gasteiger partial charge in [0.05, 0.1) is 0 Å². The smallest absolute Gasteiger partial charge is 0.220 e. The lowest BCUT2D eigenvalue weighted by atomic mass is 10.1. The Hall–Kier alpha value is -1.87. The Labute approximate surface area is 124 Å². The van der Waals surface area contributed by atoms with Crippen LogP contribution in [-0.4, -0.2) is 10.9 Å². The van der Waals surface area contributed by atoms with Gasteiger partial charge in [-0.25, -0.2) is 0 Å². The van der Waals surface area contributed by atoms with Gasteiger partial charge >= 0.3 is 0 Å². The van der Waals surface area contributed by atoms with E-state index in [4.69, 9.17) is 11.6 Å². The Kier molecular flexibility index (Phi) is 5.13. The van der Waals surface area contributed by atoms with Gasteiger partial charge in [-0.05, 0) is 42.2 Å². The molecule has 0 saturated heterocycles. The number of carbonyl (C=O) groups excluding carboxylic acids is 1. The molecule has 0 radical (unpaired) electrons. The second-order valence-electron chi connectivity index (χ2n) is 4.72. The first-order chi connectivity index (χ1) is 9.65. The van der Waals surface area contributed by atoms with Crippen molar-refractivity contribution in [3.63, 3.8) is 0 Å². The van der Waals surface area contributed by atoms with E-state index in [1.165, 1.54) is 0 Å². The molecule has 2 rings (SSSR count). The van der Waals surface area contributed by atoms with Crippen molar-refractivity contribution in [1.82, 2.24) is 10.3 Å². The van der Waals surface area contributed by atoms with E-state index < -0.39 is 0 Å². The predicted molar refractivity (Wildman–Crippen MR) is 80.6 cm³/mol. The normalized spacial score (nSPS) is 10.3. The van der Waals surface area contributed by atoms with E-state index in [2.05, 4.69) is 10.3 Å². The molecular formula is C16H17ClN2O. The van der Waals surface area contributed by atoms with Crippen molar-refractivity contribution in [1.29, 1.82) is 0 Å². The highest BCUT2D eigenvalue weighted by molar-refractivity contribution is 6.31. The number of hydrogen-bond donors (Lipinski definition) is 1. The Balaban J connectivity index is 1.79. The summed E-state index contributed by atoms with van der Waals surface area (Å²) in [6.45, 7) is 2.48. The maximum atomic E-state index is 11.8. The summed E-state index contributed by atoms with van der Waals surface area (Å²) in [5.74, 6) is 0.0329. The second-order valence-corrected chi connectivity index (χ2v) is 5.13. The van der Waals surface area contributed by atoms with Crippen LogP contribution < -0.4 is 5.32 Å². The highest BCUT2D eigenvalue weighted by atomic mass is 35.5. The number of aryl methyl sites for hydroxylation is 2. The number of halogens is 1. The van der Waals surface area contributed by atoms with Gasteiger partial charge in [0.25, 0.3) is 0 Å². The van der Waals surface area contributed by atoms with E-state index >= 15 is 0 Å². The average Bonchev–Trinajstić information content (AvgIpc) is 2.47. The van der Waals surface area contributed by atoms with Crippen LogP contribution in [0.1, 0.15) is 23.1 Å². The third-order valence-corrected chi connectivity index (χ3v) is 3.50. The maximum absolute atomic E-state index is 11.8. The molecule has 1 aromatic heterocycles. The predicted octanol–water partition coefficient (Wildman–Crippen LogP) is 3.29. The number of aromatic nitrogens is 1. The molecule has 0 saturated carbocycles. The van der Waals surface area contributed by atoms with Gasteiger partial charge in [0.1, 0.15) is 0 Å². The van der Waals surface area contributed by atoms with Crippen molar-refractivity contribution in [3.8, 4) is 0 Å². The molecule has 1 heterocycles. The summed E-state index contributed by atoms with van der Waals surface area (Å²) >= 11 is 6.06. The third kappa shape index (κ3) is 4.35. The van der Waals surface area contributed by atoms with Crippen LogP contribution in [0.2, 0.25) is 5.02 Å². The van der Waals surface area contributed by atoms with Crippen molar-refractivity contribution >= 4 is 17.5 Å². The van der Waals surface area contributed by atoms with Crippen LogP contribution >= 0.6 is 11.6 Å². The number of pyridine rings is 1. The molecule has 104 valence electrons. The first kappa shape index (κ1) is 14.5. The van der Waals surface area contributed by atoms with Gasteiger partial charge in [-0.2, -0.15) is 0 Å². The number of hydrogen-bond acceptors (Lipinski definition) is 2. The monoisotopic (exact) mass is 288 g/mol. The minimum Gasteiger partial charge on any atom is -0.352 e. The highest BCUT2D eigenvalue weighted by Gasteiger charge is 2.04. The van der Waals surface area contributed by atoms with Crippen molar-refractivity contribution in [2.24, 2.45) is 0 Å². The zero-order chi connectivity index (χ0) is 14.4. The first-order valence-electron chi connectivity index (χ1n) is 6.56. The topological polar surface area (TPSA) is 42.0 Å². The zero-order valence-electron chi connectivity index (χ0n) is 11.4. The molecule has 0 aliphatic carbocycles. The lowest BCUT2D eigenvalue weighted by Crippen LogP contribution is -2.23. The van der Waals surface area contributed by atoms with Crippen LogP contribution in [-0.2, 0) is 17.8 Å². The molecule has 1 aromatic carbocycles. The van der Waals surface area contributed by atoms with Gasteiger partial charge in [0.2, 0.25) is 5.91 Å². The minimum absolute atomic E-state index is 0.0329. The number of benzene rings is 1. The molecule has 1 N–H and O–H groups in total. The van der Waals surface area contributed by atoms with Crippen LogP contribution in [0.25, 0.3) is 0 Å². The van der Waals surface area contributed by atoms with Gasteiger partial charge < -0.3 is 5.32 Å². The first-order valence-corrected chi connectivity index (χ1v) is 6.93. The lowest BCUT2D eigenvalue weighted by Gasteiger charge is -2.06. The summed E-state index contributed by atoms with van der Waals surface area (Å²) < 4.78 is 0. The van der Waals surface area contributed by atoms with E-state index in [1.807, 2.05) is 37.3 Å².